The molecule has 0 spiro atoms. The van der Waals surface area contributed by atoms with Crippen molar-refractivity contribution in [2.75, 3.05) is 0 Å². The highest BCUT2D eigenvalue weighted by atomic mass is 16.4. The van der Waals surface area contributed by atoms with Gasteiger partial charge in [-0.2, -0.15) is 0 Å². The average molecular weight is 389 g/mol. The predicted molar refractivity (Wildman–Crippen MR) is 108 cm³/mol. The summed E-state index contributed by atoms with van der Waals surface area (Å²) in [6.45, 7) is 6.96. The molecular weight excluding hydrogens is 352 g/mol. The molecule has 28 heavy (non-hydrogen) atoms. The largest absolute Gasteiger partial charge is 0.481 e. The fourth-order valence-corrected chi connectivity index (χ4v) is 7.91. The molecule has 4 rings (SSSR count). The Balaban J connectivity index is 1.60. The Labute approximate surface area is 168 Å². The number of allylic oxidation sites excluding steroid dienone is 1. The fraction of sp³-hybridized carbons (Fsp3) is 0.833. The molecule has 0 bridgehead atoms. The van der Waals surface area contributed by atoms with Gasteiger partial charge in [-0.3, -0.25) is 9.59 Å². The van der Waals surface area contributed by atoms with Crippen LogP contribution in [0.3, 0.4) is 0 Å². The Hall–Kier alpha value is -1.16. The Bertz CT molecular complexity index is 697. The highest BCUT2D eigenvalue weighted by Gasteiger charge is 2.61. The third kappa shape index (κ3) is 2.98. The summed E-state index contributed by atoms with van der Waals surface area (Å²) in [6, 6.07) is 0. The van der Waals surface area contributed by atoms with Crippen LogP contribution in [-0.2, 0) is 9.59 Å². The zero-order valence-corrected chi connectivity index (χ0v) is 17.6. The maximum absolute atomic E-state index is 13.3. The van der Waals surface area contributed by atoms with Crippen LogP contribution in [0.15, 0.2) is 11.6 Å². The monoisotopic (exact) mass is 388 g/mol. The zero-order valence-electron chi connectivity index (χ0n) is 17.6. The third-order valence-corrected chi connectivity index (χ3v) is 9.49. The van der Waals surface area contributed by atoms with Gasteiger partial charge in [0.25, 0.3) is 0 Å². The van der Waals surface area contributed by atoms with Gasteiger partial charge in [0.1, 0.15) is 0 Å². The third-order valence-electron chi connectivity index (χ3n) is 9.49. The van der Waals surface area contributed by atoms with Crippen molar-refractivity contribution < 1.29 is 19.8 Å². The summed E-state index contributed by atoms with van der Waals surface area (Å²) in [6.07, 6.45) is 9.60. The van der Waals surface area contributed by atoms with Crippen LogP contribution in [0.5, 0.6) is 0 Å². The number of aliphatic hydroxyl groups is 1. The second-order valence-electron chi connectivity index (χ2n) is 10.8. The van der Waals surface area contributed by atoms with E-state index in [0.717, 1.165) is 44.9 Å². The number of ketones is 1. The zero-order chi connectivity index (χ0) is 20.3. The van der Waals surface area contributed by atoms with E-state index in [4.69, 9.17) is 5.11 Å². The van der Waals surface area contributed by atoms with E-state index in [2.05, 4.69) is 20.8 Å². The van der Waals surface area contributed by atoms with Crippen LogP contribution in [0.2, 0.25) is 0 Å². The lowest BCUT2D eigenvalue weighted by atomic mass is 9.46. The topological polar surface area (TPSA) is 74.6 Å². The second kappa shape index (κ2) is 6.97. The SMILES string of the molecule is CC(CCC(=O)O)[C@H]1CC[C@H]2[C@@H]3C(=O)C=C4C[C@@H](O)CC[C@]4(C)[C@H]3CC[C@]12C. The van der Waals surface area contributed by atoms with E-state index in [0.29, 0.717) is 35.9 Å². The standard InChI is InChI=1S/C24H36O4/c1-14(4-7-21(27)28)17-5-6-18-22-19(9-11-24(17,18)3)23(2)10-8-16(25)12-15(23)13-20(22)26/h13-14,16-19,22,25H,4-12H2,1-3H3,(H,27,28)/t14?,16-,17+,18-,19-,22-,23-,24+/m0/s1. The van der Waals surface area contributed by atoms with Crippen molar-refractivity contribution in [1.82, 2.24) is 0 Å². The Morgan fingerprint density at radius 3 is 2.64 bits per heavy atom. The Morgan fingerprint density at radius 1 is 1.18 bits per heavy atom. The van der Waals surface area contributed by atoms with Crippen molar-refractivity contribution in [2.45, 2.75) is 84.7 Å². The molecule has 0 amide bonds. The number of hydrogen-bond donors (Lipinski definition) is 2. The van der Waals surface area contributed by atoms with Gasteiger partial charge < -0.3 is 10.2 Å². The number of aliphatic carboxylic acids is 1. The Kier molecular flexibility index (Phi) is 5.01. The van der Waals surface area contributed by atoms with Crippen LogP contribution < -0.4 is 0 Å². The van der Waals surface area contributed by atoms with E-state index < -0.39 is 5.97 Å². The Morgan fingerprint density at radius 2 is 1.93 bits per heavy atom. The molecule has 4 aliphatic rings. The minimum absolute atomic E-state index is 0.0755. The molecule has 0 saturated heterocycles. The first-order valence-corrected chi connectivity index (χ1v) is 11.3. The number of aliphatic hydroxyl groups excluding tert-OH is 1. The van der Waals surface area contributed by atoms with E-state index in [1.807, 2.05) is 6.08 Å². The number of fused-ring (bicyclic) bond motifs is 5. The summed E-state index contributed by atoms with van der Waals surface area (Å²) in [4.78, 5) is 24.3. The van der Waals surface area contributed by atoms with E-state index in [1.54, 1.807) is 0 Å². The molecule has 3 saturated carbocycles. The van der Waals surface area contributed by atoms with Crippen molar-refractivity contribution >= 4 is 11.8 Å². The molecular formula is C24H36O4. The molecule has 0 aromatic carbocycles. The normalized spacial score (nSPS) is 46.2. The summed E-state index contributed by atoms with van der Waals surface area (Å²) >= 11 is 0. The predicted octanol–water partition coefficient (Wildman–Crippen LogP) is 4.61. The van der Waals surface area contributed by atoms with Gasteiger partial charge in [0.15, 0.2) is 5.78 Å². The summed E-state index contributed by atoms with van der Waals surface area (Å²) in [5.74, 6) is 1.49. The van der Waals surface area contributed by atoms with Crippen molar-refractivity contribution in [3.05, 3.63) is 11.6 Å². The smallest absolute Gasteiger partial charge is 0.303 e. The van der Waals surface area contributed by atoms with E-state index in [1.165, 1.54) is 5.57 Å². The van der Waals surface area contributed by atoms with Crippen LogP contribution >= 0.6 is 0 Å². The van der Waals surface area contributed by atoms with Crippen LogP contribution in [-0.4, -0.2) is 28.1 Å². The van der Waals surface area contributed by atoms with Gasteiger partial charge >= 0.3 is 5.97 Å². The van der Waals surface area contributed by atoms with Crippen LogP contribution in [0.25, 0.3) is 0 Å². The number of carbonyl (C=O) groups is 2. The molecule has 0 aliphatic heterocycles. The molecule has 1 unspecified atom stereocenters. The second-order valence-corrected chi connectivity index (χ2v) is 10.8. The molecule has 4 heteroatoms. The van der Waals surface area contributed by atoms with Gasteiger partial charge in [-0.15, -0.1) is 0 Å². The molecule has 4 aliphatic carbocycles. The van der Waals surface area contributed by atoms with Crippen LogP contribution in [0.4, 0.5) is 0 Å². The minimum Gasteiger partial charge on any atom is -0.481 e. The average Bonchev–Trinajstić information content (AvgIpc) is 2.98. The molecule has 0 radical (unpaired) electrons. The number of carboxylic acids is 1. The molecule has 8 atom stereocenters. The van der Waals surface area contributed by atoms with Crippen molar-refractivity contribution in [1.29, 1.82) is 0 Å². The molecule has 0 heterocycles. The summed E-state index contributed by atoms with van der Waals surface area (Å²) in [5.41, 5.74) is 1.43. The molecule has 3 fully saturated rings. The van der Waals surface area contributed by atoms with E-state index in [9.17, 15) is 14.7 Å². The van der Waals surface area contributed by atoms with Gasteiger partial charge in [0.05, 0.1) is 6.10 Å². The summed E-state index contributed by atoms with van der Waals surface area (Å²) in [7, 11) is 0. The number of hydrogen-bond acceptors (Lipinski definition) is 3. The lowest BCUT2D eigenvalue weighted by molar-refractivity contribution is -0.137. The van der Waals surface area contributed by atoms with Crippen molar-refractivity contribution in [3.8, 4) is 0 Å². The molecule has 156 valence electrons. The van der Waals surface area contributed by atoms with E-state index in [-0.39, 0.29) is 29.3 Å². The van der Waals surface area contributed by atoms with Gasteiger partial charge in [-0.25, -0.2) is 0 Å². The fourth-order valence-electron chi connectivity index (χ4n) is 7.91. The van der Waals surface area contributed by atoms with Gasteiger partial charge in [-0.1, -0.05) is 26.3 Å². The molecule has 2 N–H and O–H groups in total. The molecule has 0 aromatic rings. The number of carboxylic acid groups (broad SMARTS) is 1. The van der Waals surface area contributed by atoms with Crippen molar-refractivity contribution in [3.63, 3.8) is 0 Å². The first kappa shape index (κ1) is 20.1. The summed E-state index contributed by atoms with van der Waals surface area (Å²) in [5, 5.41) is 19.2. The van der Waals surface area contributed by atoms with Gasteiger partial charge in [0.2, 0.25) is 0 Å². The first-order valence-electron chi connectivity index (χ1n) is 11.3. The lowest BCUT2D eigenvalue weighted by Crippen LogP contribution is -2.53. The van der Waals surface area contributed by atoms with Gasteiger partial charge in [-0.05, 0) is 91.9 Å². The van der Waals surface area contributed by atoms with Crippen LogP contribution in [0.1, 0.15) is 78.6 Å². The first-order chi connectivity index (χ1) is 13.2. The summed E-state index contributed by atoms with van der Waals surface area (Å²) < 4.78 is 0. The van der Waals surface area contributed by atoms with Crippen LogP contribution in [0, 0.1) is 40.4 Å². The van der Waals surface area contributed by atoms with E-state index >= 15 is 0 Å². The molecule has 4 nitrogen and oxygen atoms in total. The highest BCUT2D eigenvalue weighted by Crippen LogP contribution is 2.66. The minimum atomic E-state index is -0.706. The highest BCUT2D eigenvalue weighted by molar-refractivity contribution is 5.94. The molecule has 0 aromatic heterocycles. The number of carbonyl (C=O) groups excluding carboxylic acids is 1. The maximum atomic E-state index is 13.3. The van der Waals surface area contributed by atoms with Crippen molar-refractivity contribution in [2.24, 2.45) is 40.4 Å². The maximum Gasteiger partial charge on any atom is 0.303 e. The quantitative estimate of drug-likeness (QED) is 0.738. The van der Waals surface area contributed by atoms with Gasteiger partial charge in [0, 0.05) is 12.3 Å². The lowest BCUT2D eigenvalue weighted by Gasteiger charge is -2.57. The number of rotatable bonds is 4.